The van der Waals surface area contributed by atoms with Crippen LogP contribution in [0, 0.1) is 10.1 Å². The third kappa shape index (κ3) is 4.26. The topological polar surface area (TPSA) is 98.3 Å². The van der Waals surface area contributed by atoms with Crippen molar-refractivity contribution >= 4 is 15.7 Å². The van der Waals surface area contributed by atoms with Crippen LogP contribution in [-0.4, -0.2) is 27.4 Å². The number of rotatable bonds is 8. The number of nitrogens with zero attached hydrogens (tertiary/aromatic N) is 4. The van der Waals surface area contributed by atoms with Crippen molar-refractivity contribution in [1.29, 1.82) is 0 Å². The van der Waals surface area contributed by atoms with Gasteiger partial charge >= 0.3 is 0 Å². The average molecular weight is 400 g/mol. The molecule has 146 valence electrons. The van der Waals surface area contributed by atoms with Gasteiger partial charge in [-0.2, -0.15) is 9.40 Å². The standard InChI is InChI=1S/C19H20N4O4S/c1-2-22-18(12-13-20-22)15-21(14-16-6-4-3-5-7-16)28(26,27)19-10-8-17(9-11-19)23(24)25/h3-13H,2,14-15H2,1H3. The molecular formula is C19H20N4O4S. The fraction of sp³-hybridized carbons (Fsp3) is 0.211. The predicted molar refractivity (Wildman–Crippen MR) is 104 cm³/mol. The minimum absolute atomic E-state index is 0.0107. The first-order chi connectivity index (χ1) is 13.4. The molecule has 0 aliphatic carbocycles. The number of aromatic nitrogens is 2. The van der Waals surface area contributed by atoms with E-state index >= 15 is 0 Å². The molecule has 3 rings (SSSR count). The number of hydrogen-bond donors (Lipinski definition) is 0. The van der Waals surface area contributed by atoms with Crippen molar-refractivity contribution in [2.75, 3.05) is 0 Å². The number of nitro groups is 1. The Kier molecular flexibility index (Phi) is 5.86. The zero-order chi connectivity index (χ0) is 20.1. The lowest BCUT2D eigenvalue weighted by molar-refractivity contribution is -0.384. The van der Waals surface area contributed by atoms with Crippen molar-refractivity contribution in [1.82, 2.24) is 14.1 Å². The second-order valence-corrected chi connectivity index (χ2v) is 8.09. The van der Waals surface area contributed by atoms with Gasteiger partial charge in [0.15, 0.2) is 0 Å². The monoisotopic (exact) mass is 400 g/mol. The highest BCUT2D eigenvalue weighted by atomic mass is 32.2. The van der Waals surface area contributed by atoms with Crippen LogP contribution in [-0.2, 0) is 29.7 Å². The first-order valence-electron chi connectivity index (χ1n) is 8.71. The summed E-state index contributed by atoms with van der Waals surface area (Å²) in [6.07, 6.45) is 1.64. The third-order valence-electron chi connectivity index (χ3n) is 4.33. The number of hydrogen-bond acceptors (Lipinski definition) is 5. The first kappa shape index (κ1) is 19.7. The van der Waals surface area contributed by atoms with Gasteiger partial charge in [0.05, 0.1) is 22.1 Å². The molecule has 0 N–H and O–H groups in total. The minimum atomic E-state index is -3.87. The molecule has 0 fully saturated rings. The van der Waals surface area contributed by atoms with Gasteiger partial charge in [0.1, 0.15) is 0 Å². The van der Waals surface area contributed by atoms with E-state index < -0.39 is 14.9 Å². The van der Waals surface area contributed by atoms with Crippen molar-refractivity contribution in [3.8, 4) is 0 Å². The molecule has 1 heterocycles. The molecule has 0 unspecified atom stereocenters. The SMILES string of the molecule is CCn1nccc1CN(Cc1ccccc1)S(=O)(=O)c1ccc([N+](=O)[O-])cc1. The molecule has 1 aromatic heterocycles. The Balaban J connectivity index is 1.97. The Morgan fingerprint density at radius 2 is 1.71 bits per heavy atom. The van der Waals surface area contributed by atoms with Crippen molar-refractivity contribution < 1.29 is 13.3 Å². The summed E-state index contributed by atoms with van der Waals surface area (Å²) in [7, 11) is -3.87. The van der Waals surface area contributed by atoms with E-state index in [4.69, 9.17) is 0 Å². The van der Waals surface area contributed by atoms with E-state index in [9.17, 15) is 18.5 Å². The molecule has 0 aliphatic heterocycles. The summed E-state index contributed by atoms with van der Waals surface area (Å²) in [5, 5.41) is 15.1. The maximum absolute atomic E-state index is 13.3. The summed E-state index contributed by atoms with van der Waals surface area (Å²) in [5.74, 6) is 0. The lowest BCUT2D eigenvalue weighted by Gasteiger charge is -2.22. The van der Waals surface area contributed by atoms with Gasteiger partial charge in [0, 0.05) is 31.4 Å². The van der Waals surface area contributed by atoms with Crippen LogP contribution in [0.4, 0.5) is 5.69 Å². The van der Waals surface area contributed by atoms with Crippen molar-refractivity contribution in [3.05, 3.63) is 88.2 Å². The molecule has 8 nitrogen and oxygen atoms in total. The fourth-order valence-corrected chi connectivity index (χ4v) is 4.26. The molecule has 0 saturated carbocycles. The zero-order valence-electron chi connectivity index (χ0n) is 15.3. The van der Waals surface area contributed by atoms with Gasteiger partial charge in [0.25, 0.3) is 5.69 Å². The highest BCUT2D eigenvalue weighted by Crippen LogP contribution is 2.23. The number of nitro benzene ring substituents is 1. The van der Waals surface area contributed by atoms with E-state index in [0.717, 1.165) is 11.3 Å². The van der Waals surface area contributed by atoms with Crippen LogP contribution < -0.4 is 0 Å². The molecule has 0 bridgehead atoms. The molecule has 2 aromatic carbocycles. The van der Waals surface area contributed by atoms with E-state index in [1.165, 1.54) is 28.6 Å². The second-order valence-electron chi connectivity index (χ2n) is 6.15. The Bertz CT molecular complexity index is 1050. The van der Waals surface area contributed by atoms with E-state index in [1.54, 1.807) is 16.9 Å². The van der Waals surface area contributed by atoms with Crippen LogP contribution in [0.3, 0.4) is 0 Å². The number of sulfonamides is 1. The van der Waals surface area contributed by atoms with Crippen molar-refractivity contribution in [2.45, 2.75) is 31.5 Å². The largest absolute Gasteiger partial charge is 0.269 e. The Morgan fingerprint density at radius 3 is 2.32 bits per heavy atom. The molecule has 0 atom stereocenters. The third-order valence-corrected chi connectivity index (χ3v) is 6.14. The number of non-ortho nitro benzene ring substituents is 1. The summed E-state index contributed by atoms with van der Waals surface area (Å²) < 4.78 is 29.6. The molecule has 28 heavy (non-hydrogen) atoms. The summed E-state index contributed by atoms with van der Waals surface area (Å²) in [4.78, 5) is 10.3. The molecular weight excluding hydrogens is 380 g/mol. The summed E-state index contributed by atoms with van der Waals surface area (Å²) >= 11 is 0. The number of aryl methyl sites for hydroxylation is 1. The summed E-state index contributed by atoms with van der Waals surface area (Å²) in [6, 6.07) is 16.0. The maximum atomic E-state index is 13.3. The highest BCUT2D eigenvalue weighted by molar-refractivity contribution is 7.89. The van der Waals surface area contributed by atoms with Gasteiger partial charge in [-0.3, -0.25) is 14.8 Å². The Labute approximate surface area is 163 Å². The molecule has 0 amide bonds. The minimum Gasteiger partial charge on any atom is -0.269 e. The fourth-order valence-electron chi connectivity index (χ4n) is 2.86. The van der Waals surface area contributed by atoms with Crippen LogP contribution in [0.15, 0.2) is 71.8 Å². The van der Waals surface area contributed by atoms with Gasteiger partial charge in [0.2, 0.25) is 10.0 Å². The Hall–Kier alpha value is -3.04. The van der Waals surface area contributed by atoms with Crippen molar-refractivity contribution in [2.24, 2.45) is 0 Å². The van der Waals surface area contributed by atoms with Crippen LogP contribution in [0.5, 0.6) is 0 Å². The van der Waals surface area contributed by atoms with E-state index in [1.807, 2.05) is 37.3 Å². The maximum Gasteiger partial charge on any atom is 0.269 e. The van der Waals surface area contributed by atoms with Crippen LogP contribution in [0.2, 0.25) is 0 Å². The van der Waals surface area contributed by atoms with Gasteiger partial charge in [-0.05, 0) is 30.7 Å². The highest BCUT2D eigenvalue weighted by Gasteiger charge is 2.26. The normalized spacial score (nSPS) is 11.6. The Morgan fingerprint density at radius 1 is 1.04 bits per heavy atom. The van der Waals surface area contributed by atoms with Crippen LogP contribution in [0.1, 0.15) is 18.2 Å². The van der Waals surface area contributed by atoms with E-state index in [2.05, 4.69) is 5.10 Å². The van der Waals surface area contributed by atoms with E-state index in [-0.39, 0.29) is 23.7 Å². The molecule has 9 heteroatoms. The van der Waals surface area contributed by atoms with Crippen molar-refractivity contribution in [3.63, 3.8) is 0 Å². The number of benzene rings is 2. The van der Waals surface area contributed by atoms with Crippen LogP contribution in [0.25, 0.3) is 0 Å². The summed E-state index contributed by atoms with van der Waals surface area (Å²) in [6.45, 7) is 2.87. The van der Waals surface area contributed by atoms with Gasteiger partial charge in [-0.1, -0.05) is 30.3 Å². The quantitative estimate of drug-likeness (QED) is 0.427. The average Bonchev–Trinajstić information content (AvgIpc) is 3.15. The molecule has 0 saturated heterocycles. The van der Waals surface area contributed by atoms with E-state index in [0.29, 0.717) is 6.54 Å². The van der Waals surface area contributed by atoms with Gasteiger partial charge in [-0.25, -0.2) is 8.42 Å². The van der Waals surface area contributed by atoms with Gasteiger partial charge < -0.3 is 0 Å². The molecule has 0 aliphatic rings. The first-order valence-corrected chi connectivity index (χ1v) is 10.1. The van der Waals surface area contributed by atoms with Gasteiger partial charge in [-0.15, -0.1) is 0 Å². The summed E-state index contributed by atoms with van der Waals surface area (Å²) in [5.41, 5.74) is 1.46. The lowest BCUT2D eigenvalue weighted by Crippen LogP contribution is -2.31. The smallest absolute Gasteiger partial charge is 0.269 e. The zero-order valence-corrected chi connectivity index (χ0v) is 16.1. The molecule has 3 aromatic rings. The lowest BCUT2D eigenvalue weighted by atomic mass is 10.2. The van der Waals surface area contributed by atoms with Crippen LogP contribution >= 0.6 is 0 Å². The predicted octanol–water partition coefficient (Wildman–Crippen LogP) is 3.20. The molecule has 0 radical (unpaired) electrons. The molecule has 0 spiro atoms. The second kappa shape index (κ2) is 8.32.